The van der Waals surface area contributed by atoms with Gasteiger partial charge in [0, 0.05) is 6.42 Å². The van der Waals surface area contributed by atoms with Crippen molar-refractivity contribution in [1.29, 1.82) is 0 Å². The Balaban J connectivity index is 2.22. The van der Waals surface area contributed by atoms with Crippen molar-refractivity contribution in [3.8, 4) is 0 Å². The first-order valence-electron chi connectivity index (χ1n) is 6.94. The van der Waals surface area contributed by atoms with Gasteiger partial charge in [0.1, 0.15) is 5.82 Å². The van der Waals surface area contributed by atoms with Gasteiger partial charge in [-0.05, 0) is 51.7 Å². The first kappa shape index (κ1) is 15.5. The van der Waals surface area contributed by atoms with Crippen LogP contribution in [0.5, 0.6) is 0 Å². The second-order valence-corrected chi connectivity index (χ2v) is 6.49. The summed E-state index contributed by atoms with van der Waals surface area (Å²) in [6.07, 6.45) is -0.262. The van der Waals surface area contributed by atoms with E-state index in [4.69, 9.17) is 9.31 Å². The summed E-state index contributed by atoms with van der Waals surface area (Å²) in [5, 5.41) is 9.33. The van der Waals surface area contributed by atoms with Crippen LogP contribution in [0.4, 0.5) is 4.39 Å². The molecule has 1 atom stereocenters. The minimum absolute atomic E-state index is 0.301. The third-order valence-electron chi connectivity index (χ3n) is 4.12. The lowest BCUT2D eigenvalue weighted by Crippen LogP contribution is -2.41. The Morgan fingerprint density at radius 2 is 1.75 bits per heavy atom. The van der Waals surface area contributed by atoms with Crippen molar-refractivity contribution in [2.24, 2.45) is 0 Å². The van der Waals surface area contributed by atoms with Crippen LogP contribution < -0.4 is 5.46 Å². The first-order valence-corrected chi connectivity index (χ1v) is 6.94. The van der Waals surface area contributed by atoms with Crippen LogP contribution in [0.1, 0.15) is 40.2 Å². The molecule has 1 N–H and O–H groups in total. The van der Waals surface area contributed by atoms with E-state index in [2.05, 4.69) is 0 Å². The van der Waals surface area contributed by atoms with E-state index in [9.17, 15) is 9.50 Å². The topological polar surface area (TPSA) is 38.7 Å². The van der Waals surface area contributed by atoms with E-state index >= 15 is 0 Å². The number of benzene rings is 1. The Hall–Kier alpha value is -0.905. The van der Waals surface area contributed by atoms with E-state index in [1.54, 1.807) is 19.1 Å². The number of hydrogen-bond donors (Lipinski definition) is 1. The Morgan fingerprint density at radius 1 is 1.20 bits per heavy atom. The van der Waals surface area contributed by atoms with Crippen molar-refractivity contribution in [1.82, 2.24) is 0 Å². The van der Waals surface area contributed by atoms with Crippen molar-refractivity contribution in [3.63, 3.8) is 0 Å². The van der Waals surface area contributed by atoms with Gasteiger partial charge in [-0.1, -0.05) is 12.1 Å². The molecule has 1 aliphatic heterocycles. The van der Waals surface area contributed by atoms with Gasteiger partial charge < -0.3 is 14.4 Å². The Morgan fingerprint density at radius 3 is 2.20 bits per heavy atom. The molecule has 1 unspecified atom stereocenters. The SMILES string of the molecule is CC(O)Cc1ccc(B2OC(C)(C)C(C)(C)O2)cc1F. The molecule has 0 saturated carbocycles. The fourth-order valence-corrected chi connectivity index (χ4v) is 2.17. The number of hydrogen-bond acceptors (Lipinski definition) is 3. The molecule has 5 heteroatoms. The molecule has 2 rings (SSSR count). The van der Waals surface area contributed by atoms with E-state index in [-0.39, 0.29) is 5.82 Å². The van der Waals surface area contributed by atoms with Gasteiger partial charge in [-0.3, -0.25) is 0 Å². The summed E-state index contributed by atoms with van der Waals surface area (Å²) in [5.74, 6) is -0.335. The third-order valence-corrected chi connectivity index (χ3v) is 4.12. The van der Waals surface area contributed by atoms with E-state index in [1.165, 1.54) is 6.07 Å². The zero-order valence-corrected chi connectivity index (χ0v) is 12.7. The molecular formula is C15H22BFO3. The Labute approximate surface area is 120 Å². The molecule has 1 heterocycles. The lowest BCUT2D eigenvalue weighted by molar-refractivity contribution is 0.00578. The normalized spacial score (nSPS) is 22.1. The van der Waals surface area contributed by atoms with Crippen LogP contribution in [0.2, 0.25) is 0 Å². The number of rotatable bonds is 3. The molecule has 0 radical (unpaired) electrons. The average Bonchev–Trinajstić information content (AvgIpc) is 2.50. The number of aliphatic hydroxyl groups excluding tert-OH is 1. The van der Waals surface area contributed by atoms with Crippen LogP contribution in [-0.4, -0.2) is 29.5 Å². The van der Waals surface area contributed by atoms with E-state index in [0.29, 0.717) is 17.4 Å². The fraction of sp³-hybridized carbons (Fsp3) is 0.600. The minimum Gasteiger partial charge on any atom is -0.399 e. The predicted molar refractivity (Wildman–Crippen MR) is 77.5 cm³/mol. The highest BCUT2D eigenvalue weighted by molar-refractivity contribution is 6.62. The maximum absolute atomic E-state index is 14.0. The van der Waals surface area contributed by atoms with Crippen LogP contribution in [0, 0.1) is 5.82 Å². The summed E-state index contributed by atoms with van der Waals surface area (Å²) in [4.78, 5) is 0. The molecule has 0 bridgehead atoms. The third kappa shape index (κ3) is 2.90. The molecule has 1 aromatic rings. The maximum Gasteiger partial charge on any atom is 0.494 e. The molecule has 1 saturated heterocycles. The van der Waals surface area contributed by atoms with Crippen LogP contribution in [0.25, 0.3) is 0 Å². The maximum atomic E-state index is 14.0. The molecule has 1 aliphatic rings. The zero-order valence-electron chi connectivity index (χ0n) is 12.7. The largest absolute Gasteiger partial charge is 0.494 e. The van der Waals surface area contributed by atoms with Crippen molar-refractivity contribution in [3.05, 3.63) is 29.6 Å². The van der Waals surface area contributed by atoms with Gasteiger partial charge in [-0.25, -0.2) is 4.39 Å². The van der Waals surface area contributed by atoms with Gasteiger partial charge in [0.25, 0.3) is 0 Å². The second-order valence-electron chi connectivity index (χ2n) is 6.49. The standard InChI is InChI=1S/C15H22BFO3/c1-10(18)8-11-6-7-12(9-13(11)17)16-19-14(2,3)15(4,5)20-16/h6-7,9-10,18H,8H2,1-5H3. The minimum atomic E-state index is -0.563. The van der Waals surface area contributed by atoms with Gasteiger partial charge in [0.15, 0.2) is 0 Å². The lowest BCUT2D eigenvalue weighted by atomic mass is 9.78. The van der Waals surface area contributed by atoms with Crippen LogP contribution in [0.3, 0.4) is 0 Å². The molecular weight excluding hydrogens is 258 g/mol. The van der Waals surface area contributed by atoms with E-state index < -0.39 is 24.4 Å². The van der Waals surface area contributed by atoms with Crippen LogP contribution >= 0.6 is 0 Å². The Kier molecular flexibility index (Phi) is 3.97. The highest BCUT2D eigenvalue weighted by atomic mass is 19.1. The quantitative estimate of drug-likeness (QED) is 0.861. The average molecular weight is 280 g/mol. The molecule has 0 amide bonds. The molecule has 3 nitrogen and oxygen atoms in total. The first-order chi connectivity index (χ1) is 9.12. The summed E-state index contributed by atoms with van der Waals surface area (Å²) in [5.41, 5.74) is 0.287. The second kappa shape index (κ2) is 5.13. The number of halogens is 1. The molecule has 0 spiro atoms. The van der Waals surface area contributed by atoms with Crippen LogP contribution in [-0.2, 0) is 15.7 Å². The van der Waals surface area contributed by atoms with Gasteiger partial charge in [-0.2, -0.15) is 0 Å². The smallest absolute Gasteiger partial charge is 0.399 e. The number of aliphatic hydroxyl groups is 1. The van der Waals surface area contributed by atoms with Gasteiger partial charge in [0.2, 0.25) is 0 Å². The summed E-state index contributed by atoms with van der Waals surface area (Å²) < 4.78 is 25.8. The highest BCUT2D eigenvalue weighted by Gasteiger charge is 2.51. The van der Waals surface area contributed by atoms with Crippen molar-refractivity contribution in [2.45, 2.75) is 58.3 Å². The Bertz CT molecular complexity index is 484. The monoisotopic (exact) mass is 280 g/mol. The van der Waals surface area contributed by atoms with Crippen molar-refractivity contribution in [2.75, 3.05) is 0 Å². The summed E-state index contributed by atoms with van der Waals surface area (Å²) in [6.45, 7) is 9.49. The molecule has 110 valence electrons. The highest BCUT2D eigenvalue weighted by Crippen LogP contribution is 2.36. The summed E-state index contributed by atoms with van der Waals surface area (Å²) >= 11 is 0. The zero-order chi connectivity index (χ0) is 15.1. The molecule has 1 aromatic carbocycles. The van der Waals surface area contributed by atoms with Gasteiger partial charge in [0.05, 0.1) is 17.3 Å². The summed E-state index contributed by atoms with van der Waals surface area (Å²) in [6, 6.07) is 4.91. The predicted octanol–water partition coefficient (Wildman–Crippen LogP) is 2.05. The van der Waals surface area contributed by atoms with E-state index in [0.717, 1.165) is 0 Å². The van der Waals surface area contributed by atoms with Crippen molar-refractivity contribution < 1.29 is 18.8 Å². The van der Waals surface area contributed by atoms with Crippen LogP contribution in [0.15, 0.2) is 18.2 Å². The van der Waals surface area contributed by atoms with Crippen molar-refractivity contribution >= 4 is 12.6 Å². The molecule has 0 aliphatic carbocycles. The van der Waals surface area contributed by atoms with E-state index in [1.807, 2.05) is 27.7 Å². The molecule has 0 aromatic heterocycles. The van der Waals surface area contributed by atoms with Gasteiger partial charge >= 0.3 is 7.12 Å². The molecule has 20 heavy (non-hydrogen) atoms. The molecule has 1 fully saturated rings. The lowest BCUT2D eigenvalue weighted by Gasteiger charge is -2.32. The summed E-state index contributed by atoms with van der Waals surface area (Å²) in [7, 11) is -0.560. The van der Waals surface area contributed by atoms with Gasteiger partial charge in [-0.15, -0.1) is 0 Å². The fourth-order valence-electron chi connectivity index (χ4n) is 2.17.